The van der Waals surface area contributed by atoms with Crippen LogP contribution in [-0.4, -0.2) is 30.1 Å². The van der Waals surface area contributed by atoms with E-state index in [2.05, 4.69) is 10.3 Å². The van der Waals surface area contributed by atoms with E-state index >= 15 is 0 Å². The summed E-state index contributed by atoms with van der Waals surface area (Å²) in [6, 6.07) is 3.32. The summed E-state index contributed by atoms with van der Waals surface area (Å²) >= 11 is 0. The molecule has 0 saturated heterocycles. The second kappa shape index (κ2) is 6.96. The van der Waals surface area contributed by atoms with Gasteiger partial charge in [-0.1, -0.05) is 6.92 Å². The van der Waals surface area contributed by atoms with Gasteiger partial charge in [0.1, 0.15) is 5.82 Å². The lowest BCUT2D eigenvalue weighted by atomic mass is 10.1. The third-order valence-corrected chi connectivity index (χ3v) is 2.47. The van der Waals surface area contributed by atoms with Crippen LogP contribution < -0.4 is 11.1 Å². The molecule has 0 radical (unpaired) electrons. The van der Waals surface area contributed by atoms with Crippen molar-refractivity contribution in [1.29, 1.82) is 0 Å². The largest absolute Gasteiger partial charge is 0.384 e. The predicted octanol–water partition coefficient (Wildman–Crippen LogP) is 1.38. The molecule has 1 rings (SSSR count). The number of amides is 1. The second-order valence-corrected chi connectivity index (χ2v) is 4.16. The monoisotopic (exact) mass is 251 g/mol. The van der Waals surface area contributed by atoms with Crippen LogP contribution in [-0.2, 0) is 11.2 Å². The van der Waals surface area contributed by atoms with Gasteiger partial charge in [-0.2, -0.15) is 0 Å². The van der Waals surface area contributed by atoms with Crippen LogP contribution in [0.1, 0.15) is 36.8 Å². The van der Waals surface area contributed by atoms with Crippen molar-refractivity contribution in [3.8, 4) is 0 Å². The lowest BCUT2D eigenvalue weighted by molar-refractivity contribution is 0.0872. The fourth-order valence-electron chi connectivity index (χ4n) is 1.57. The highest BCUT2D eigenvalue weighted by Gasteiger charge is 2.11. The molecule has 3 N–H and O–H groups in total. The molecule has 1 amide bonds. The average Bonchev–Trinajstić information content (AvgIpc) is 2.35. The van der Waals surface area contributed by atoms with Crippen molar-refractivity contribution in [1.82, 2.24) is 10.3 Å². The molecule has 1 heterocycles. The molecule has 0 aromatic carbocycles. The fraction of sp³-hybridized carbons (Fsp3) is 0.538. The molecule has 5 nitrogen and oxygen atoms in total. The highest BCUT2D eigenvalue weighted by Crippen LogP contribution is 2.08. The van der Waals surface area contributed by atoms with Crippen molar-refractivity contribution in [2.45, 2.75) is 33.2 Å². The van der Waals surface area contributed by atoms with Crippen LogP contribution in [0.4, 0.5) is 5.82 Å². The lowest BCUT2D eigenvalue weighted by Gasteiger charge is -2.14. The Bertz CT molecular complexity index is 407. The zero-order valence-corrected chi connectivity index (χ0v) is 11.2. The molecule has 1 aromatic rings. The van der Waals surface area contributed by atoms with Gasteiger partial charge in [-0.25, -0.2) is 4.98 Å². The number of nitrogens with one attached hydrogen (secondary N) is 1. The first-order chi connectivity index (χ1) is 8.56. The van der Waals surface area contributed by atoms with Gasteiger partial charge in [-0.05, 0) is 32.4 Å². The Balaban J connectivity index is 2.68. The van der Waals surface area contributed by atoms with Gasteiger partial charge >= 0.3 is 0 Å². The fourth-order valence-corrected chi connectivity index (χ4v) is 1.57. The third kappa shape index (κ3) is 4.33. The van der Waals surface area contributed by atoms with E-state index in [1.54, 1.807) is 12.1 Å². The number of anilines is 1. The number of aromatic nitrogens is 1. The lowest BCUT2D eigenvalue weighted by Crippen LogP contribution is -2.36. The zero-order chi connectivity index (χ0) is 13.5. The van der Waals surface area contributed by atoms with Gasteiger partial charge < -0.3 is 15.8 Å². The number of pyridine rings is 1. The standard InChI is InChI=1S/C13H21N3O2/c1-4-11-6-10(7-12(14)16-11)13(17)15-9(3)8-18-5-2/h6-7,9H,4-5,8H2,1-3H3,(H2,14,16)(H,15,17). The van der Waals surface area contributed by atoms with E-state index in [-0.39, 0.29) is 11.9 Å². The molecule has 0 spiro atoms. The molecule has 0 aliphatic rings. The Morgan fingerprint density at radius 2 is 2.22 bits per heavy atom. The van der Waals surface area contributed by atoms with Gasteiger partial charge in [-0.3, -0.25) is 4.79 Å². The number of hydrogen-bond acceptors (Lipinski definition) is 4. The molecular weight excluding hydrogens is 230 g/mol. The van der Waals surface area contributed by atoms with Crippen LogP contribution in [0.5, 0.6) is 0 Å². The Labute approximate surface area is 108 Å². The van der Waals surface area contributed by atoms with E-state index in [1.165, 1.54) is 0 Å². The molecule has 5 heteroatoms. The van der Waals surface area contributed by atoms with Gasteiger partial charge in [0.15, 0.2) is 0 Å². The van der Waals surface area contributed by atoms with Crippen molar-refractivity contribution in [3.05, 3.63) is 23.4 Å². The SMILES string of the molecule is CCOCC(C)NC(=O)c1cc(N)nc(CC)c1. The van der Waals surface area contributed by atoms with Crippen LogP contribution in [0.15, 0.2) is 12.1 Å². The minimum atomic E-state index is -0.147. The van der Waals surface area contributed by atoms with Crippen molar-refractivity contribution in [3.63, 3.8) is 0 Å². The summed E-state index contributed by atoms with van der Waals surface area (Å²) in [5, 5.41) is 2.86. The van der Waals surface area contributed by atoms with Gasteiger partial charge in [-0.15, -0.1) is 0 Å². The molecule has 1 aromatic heterocycles. The highest BCUT2D eigenvalue weighted by atomic mass is 16.5. The summed E-state index contributed by atoms with van der Waals surface area (Å²) < 4.78 is 5.25. The minimum Gasteiger partial charge on any atom is -0.384 e. The maximum Gasteiger partial charge on any atom is 0.251 e. The van der Waals surface area contributed by atoms with Crippen LogP contribution in [0.25, 0.3) is 0 Å². The summed E-state index contributed by atoms with van der Waals surface area (Å²) in [5.74, 6) is 0.225. The van der Waals surface area contributed by atoms with Gasteiger partial charge in [0.05, 0.1) is 6.61 Å². The molecule has 0 aliphatic carbocycles. The molecule has 0 saturated carbocycles. The molecular formula is C13H21N3O2. The number of carbonyl (C=O) groups is 1. The first kappa shape index (κ1) is 14.4. The minimum absolute atomic E-state index is 0.0306. The maximum atomic E-state index is 12.0. The normalized spacial score (nSPS) is 12.2. The Morgan fingerprint density at radius 1 is 1.50 bits per heavy atom. The van der Waals surface area contributed by atoms with E-state index < -0.39 is 0 Å². The van der Waals surface area contributed by atoms with Crippen molar-refractivity contribution in [2.75, 3.05) is 18.9 Å². The first-order valence-corrected chi connectivity index (χ1v) is 6.21. The average molecular weight is 251 g/mol. The quantitative estimate of drug-likeness (QED) is 0.800. The number of aryl methyl sites for hydroxylation is 1. The molecule has 0 aliphatic heterocycles. The molecule has 100 valence electrons. The molecule has 1 unspecified atom stereocenters. The van der Waals surface area contributed by atoms with E-state index in [0.29, 0.717) is 24.6 Å². The maximum absolute atomic E-state index is 12.0. The van der Waals surface area contributed by atoms with Crippen molar-refractivity contribution < 1.29 is 9.53 Å². The van der Waals surface area contributed by atoms with Crippen molar-refractivity contribution in [2.24, 2.45) is 0 Å². The number of hydrogen-bond donors (Lipinski definition) is 2. The number of carbonyl (C=O) groups excluding carboxylic acids is 1. The Morgan fingerprint density at radius 3 is 2.83 bits per heavy atom. The number of ether oxygens (including phenoxy) is 1. The van der Waals surface area contributed by atoms with Crippen molar-refractivity contribution >= 4 is 11.7 Å². The van der Waals surface area contributed by atoms with E-state index in [1.807, 2.05) is 20.8 Å². The Kier molecular flexibility index (Phi) is 5.58. The highest BCUT2D eigenvalue weighted by molar-refractivity contribution is 5.95. The topological polar surface area (TPSA) is 77.2 Å². The third-order valence-electron chi connectivity index (χ3n) is 2.47. The first-order valence-electron chi connectivity index (χ1n) is 6.21. The molecule has 18 heavy (non-hydrogen) atoms. The number of nitrogen functional groups attached to an aromatic ring is 1. The smallest absolute Gasteiger partial charge is 0.251 e. The summed E-state index contributed by atoms with van der Waals surface area (Å²) in [4.78, 5) is 16.1. The summed E-state index contributed by atoms with van der Waals surface area (Å²) in [6.45, 7) is 6.94. The number of nitrogens with two attached hydrogens (primary N) is 1. The van der Waals surface area contributed by atoms with E-state index in [0.717, 1.165) is 12.1 Å². The van der Waals surface area contributed by atoms with Crippen LogP contribution in [0.3, 0.4) is 0 Å². The number of rotatable bonds is 6. The van der Waals surface area contributed by atoms with Gasteiger partial charge in [0.2, 0.25) is 0 Å². The molecule has 0 fully saturated rings. The zero-order valence-electron chi connectivity index (χ0n) is 11.2. The summed E-state index contributed by atoms with van der Waals surface area (Å²) in [7, 11) is 0. The Hall–Kier alpha value is -1.62. The van der Waals surface area contributed by atoms with Gasteiger partial charge in [0.25, 0.3) is 5.91 Å². The summed E-state index contributed by atoms with van der Waals surface area (Å²) in [6.07, 6.45) is 0.750. The van der Waals surface area contributed by atoms with E-state index in [4.69, 9.17) is 10.5 Å². The second-order valence-electron chi connectivity index (χ2n) is 4.16. The van der Waals surface area contributed by atoms with E-state index in [9.17, 15) is 4.79 Å². The van der Waals surface area contributed by atoms with Crippen LogP contribution in [0, 0.1) is 0 Å². The van der Waals surface area contributed by atoms with Gasteiger partial charge in [0, 0.05) is 23.9 Å². The summed E-state index contributed by atoms with van der Waals surface area (Å²) in [5.41, 5.74) is 7.03. The van der Waals surface area contributed by atoms with Crippen LogP contribution >= 0.6 is 0 Å². The van der Waals surface area contributed by atoms with Crippen LogP contribution in [0.2, 0.25) is 0 Å². The molecule has 0 bridgehead atoms. The number of nitrogens with zero attached hydrogens (tertiary/aromatic N) is 1. The molecule has 1 atom stereocenters. The predicted molar refractivity (Wildman–Crippen MR) is 71.4 cm³/mol.